The average molecular weight is 551 g/mol. The second kappa shape index (κ2) is 13.1. The number of methoxy groups -OCH3 is 1. The van der Waals surface area contributed by atoms with Crippen molar-refractivity contribution in [2.45, 2.75) is 12.8 Å². The van der Waals surface area contributed by atoms with Gasteiger partial charge in [0.25, 0.3) is 5.91 Å². The van der Waals surface area contributed by atoms with Gasteiger partial charge in [0.2, 0.25) is 0 Å². The third kappa shape index (κ3) is 7.01. The number of rotatable bonds is 8. The van der Waals surface area contributed by atoms with Crippen molar-refractivity contribution in [3.63, 3.8) is 0 Å². The van der Waals surface area contributed by atoms with E-state index in [9.17, 15) is 4.79 Å². The van der Waals surface area contributed by atoms with E-state index in [1.807, 2.05) is 36.4 Å². The van der Waals surface area contributed by atoms with E-state index in [2.05, 4.69) is 38.0 Å². The van der Waals surface area contributed by atoms with Crippen molar-refractivity contribution in [2.24, 2.45) is 10.9 Å². The van der Waals surface area contributed by atoms with Gasteiger partial charge in [-0.3, -0.25) is 9.79 Å². The number of nitrogens with zero attached hydrogens (tertiary/aromatic N) is 2. The van der Waals surface area contributed by atoms with Gasteiger partial charge < -0.3 is 25.6 Å². The lowest BCUT2D eigenvalue weighted by atomic mass is 10.1. The minimum Gasteiger partial charge on any atom is -0.495 e. The summed E-state index contributed by atoms with van der Waals surface area (Å²) in [5.41, 5.74) is 2.96. The van der Waals surface area contributed by atoms with E-state index in [0.29, 0.717) is 11.5 Å². The number of guanidine groups is 1. The Bertz CT molecular complexity index is 905. The van der Waals surface area contributed by atoms with Gasteiger partial charge in [0.05, 0.1) is 12.8 Å². The zero-order chi connectivity index (χ0) is 22.1. The normalized spacial score (nSPS) is 15.7. The molecule has 1 unspecified atom stereocenters. The first kappa shape index (κ1) is 25.8. The number of hydrogen-bond acceptors (Lipinski definition) is 4. The van der Waals surface area contributed by atoms with Gasteiger partial charge in [-0.05, 0) is 48.6 Å². The SMILES string of the molecule is CN=C(NCCc1cccc(C(=O)NC)c1)NCC1CCN(c2ccccc2OC)C1.I. The molecule has 1 atom stereocenters. The van der Waals surface area contributed by atoms with E-state index in [4.69, 9.17) is 4.74 Å². The number of nitrogens with one attached hydrogen (secondary N) is 3. The number of amides is 1. The Morgan fingerprint density at radius 1 is 1.19 bits per heavy atom. The molecule has 2 aromatic rings. The fourth-order valence-electron chi connectivity index (χ4n) is 3.91. The fourth-order valence-corrected chi connectivity index (χ4v) is 3.91. The Morgan fingerprint density at radius 3 is 2.75 bits per heavy atom. The summed E-state index contributed by atoms with van der Waals surface area (Å²) in [7, 11) is 5.15. The molecular formula is C24H34IN5O2. The van der Waals surface area contributed by atoms with Gasteiger partial charge in [-0.2, -0.15) is 0 Å². The minimum atomic E-state index is -0.0639. The van der Waals surface area contributed by atoms with Crippen molar-refractivity contribution in [1.82, 2.24) is 16.0 Å². The average Bonchev–Trinajstić information content (AvgIpc) is 3.29. The number of para-hydroxylation sites is 2. The van der Waals surface area contributed by atoms with Crippen LogP contribution in [0.2, 0.25) is 0 Å². The van der Waals surface area contributed by atoms with E-state index in [1.54, 1.807) is 21.2 Å². The molecule has 1 aliphatic rings. The lowest BCUT2D eigenvalue weighted by molar-refractivity contribution is 0.0963. The number of carbonyl (C=O) groups excluding carboxylic acids is 1. The van der Waals surface area contributed by atoms with Crippen LogP contribution in [0.3, 0.4) is 0 Å². The zero-order valence-electron chi connectivity index (χ0n) is 19.1. The number of ether oxygens (including phenoxy) is 1. The number of carbonyl (C=O) groups is 1. The summed E-state index contributed by atoms with van der Waals surface area (Å²) in [6, 6.07) is 15.9. The van der Waals surface area contributed by atoms with Crippen LogP contribution < -0.4 is 25.6 Å². The fraction of sp³-hybridized carbons (Fsp3) is 0.417. The van der Waals surface area contributed by atoms with Crippen LogP contribution >= 0.6 is 24.0 Å². The largest absolute Gasteiger partial charge is 0.495 e. The summed E-state index contributed by atoms with van der Waals surface area (Å²) in [5, 5.41) is 9.49. The van der Waals surface area contributed by atoms with Gasteiger partial charge in [0.15, 0.2) is 5.96 Å². The molecule has 2 aromatic carbocycles. The molecule has 1 saturated heterocycles. The van der Waals surface area contributed by atoms with Gasteiger partial charge in [0.1, 0.15) is 5.75 Å². The van der Waals surface area contributed by atoms with Crippen molar-refractivity contribution in [2.75, 3.05) is 52.3 Å². The highest BCUT2D eigenvalue weighted by Crippen LogP contribution is 2.31. The molecule has 1 amide bonds. The van der Waals surface area contributed by atoms with Crippen LogP contribution in [0, 0.1) is 5.92 Å². The van der Waals surface area contributed by atoms with Crippen LogP contribution in [0.15, 0.2) is 53.5 Å². The van der Waals surface area contributed by atoms with Gasteiger partial charge >= 0.3 is 0 Å². The lowest BCUT2D eigenvalue weighted by Crippen LogP contribution is -2.41. The molecule has 1 aliphatic heterocycles. The minimum absolute atomic E-state index is 0. The van der Waals surface area contributed by atoms with Crippen molar-refractivity contribution >= 4 is 41.5 Å². The molecule has 1 heterocycles. The van der Waals surface area contributed by atoms with Gasteiger partial charge in [-0.25, -0.2) is 0 Å². The van der Waals surface area contributed by atoms with Crippen molar-refractivity contribution in [3.8, 4) is 5.75 Å². The maximum absolute atomic E-state index is 11.8. The first-order chi connectivity index (χ1) is 15.1. The molecule has 0 bridgehead atoms. The van der Waals surface area contributed by atoms with Crippen LogP contribution in [0.1, 0.15) is 22.3 Å². The van der Waals surface area contributed by atoms with Crippen LogP contribution in [0.5, 0.6) is 5.75 Å². The second-order valence-corrected chi connectivity index (χ2v) is 7.68. The Hall–Kier alpha value is -2.49. The predicted octanol–water partition coefficient (Wildman–Crippen LogP) is 2.91. The van der Waals surface area contributed by atoms with Crippen LogP contribution in [0.4, 0.5) is 5.69 Å². The third-order valence-corrected chi connectivity index (χ3v) is 5.62. The third-order valence-electron chi connectivity index (χ3n) is 5.62. The van der Waals surface area contributed by atoms with Crippen LogP contribution in [0.25, 0.3) is 0 Å². The molecule has 7 nitrogen and oxygen atoms in total. The maximum atomic E-state index is 11.8. The standard InChI is InChI=1S/C24H33N5O2.HI/c1-25-23(30)20-8-6-7-18(15-20)11-13-27-24(26-2)28-16-19-12-14-29(17-19)21-9-4-5-10-22(21)31-3;/h4-10,15,19H,11-14,16-17H2,1-3H3,(H,25,30)(H2,26,27,28);1H. The molecule has 0 aromatic heterocycles. The van der Waals surface area contributed by atoms with E-state index >= 15 is 0 Å². The molecule has 0 radical (unpaired) electrons. The number of halogens is 1. The maximum Gasteiger partial charge on any atom is 0.251 e. The first-order valence-electron chi connectivity index (χ1n) is 10.8. The Balaban J connectivity index is 0.00000363. The molecule has 1 fully saturated rings. The predicted molar refractivity (Wildman–Crippen MR) is 142 cm³/mol. The van der Waals surface area contributed by atoms with E-state index in [0.717, 1.165) is 62.0 Å². The summed E-state index contributed by atoms with van der Waals surface area (Å²) in [4.78, 5) is 18.5. The number of hydrogen-bond donors (Lipinski definition) is 3. The van der Waals surface area contributed by atoms with Gasteiger partial charge in [-0.1, -0.05) is 24.3 Å². The molecule has 174 valence electrons. The van der Waals surface area contributed by atoms with Crippen molar-refractivity contribution < 1.29 is 9.53 Å². The molecule has 32 heavy (non-hydrogen) atoms. The quantitative estimate of drug-likeness (QED) is 0.267. The van der Waals surface area contributed by atoms with Crippen molar-refractivity contribution in [1.29, 1.82) is 0 Å². The highest BCUT2D eigenvalue weighted by atomic mass is 127. The summed E-state index contributed by atoms with van der Waals surface area (Å²) < 4.78 is 5.51. The topological polar surface area (TPSA) is 78.0 Å². The zero-order valence-corrected chi connectivity index (χ0v) is 21.4. The molecule has 3 N–H and O–H groups in total. The lowest BCUT2D eigenvalue weighted by Gasteiger charge is -2.21. The first-order valence-corrected chi connectivity index (χ1v) is 10.8. The summed E-state index contributed by atoms with van der Waals surface area (Å²) in [6.45, 7) is 3.64. The Morgan fingerprint density at radius 2 is 2.00 bits per heavy atom. The number of benzene rings is 2. The van der Waals surface area contributed by atoms with Crippen molar-refractivity contribution in [3.05, 3.63) is 59.7 Å². The summed E-state index contributed by atoms with van der Waals surface area (Å²) in [5.74, 6) is 2.21. The molecule has 8 heteroatoms. The molecule has 3 rings (SSSR count). The van der Waals surface area contributed by atoms with Gasteiger partial charge in [-0.15, -0.1) is 24.0 Å². The van der Waals surface area contributed by atoms with Gasteiger partial charge in [0, 0.05) is 45.8 Å². The molecule has 0 saturated carbocycles. The van der Waals surface area contributed by atoms with E-state index < -0.39 is 0 Å². The molecular weight excluding hydrogens is 517 g/mol. The summed E-state index contributed by atoms with van der Waals surface area (Å²) in [6.07, 6.45) is 1.95. The number of anilines is 1. The highest BCUT2D eigenvalue weighted by Gasteiger charge is 2.24. The summed E-state index contributed by atoms with van der Waals surface area (Å²) >= 11 is 0. The van der Waals surface area contributed by atoms with Crippen LogP contribution in [-0.2, 0) is 6.42 Å². The molecule has 0 aliphatic carbocycles. The second-order valence-electron chi connectivity index (χ2n) is 7.68. The molecule has 0 spiro atoms. The van der Waals surface area contributed by atoms with E-state index in [1.165, 1.54) is 0 Å². The van der Waals surface area contributed by atoms with E-state index in [-0.39, 0.29) is 29.9 Å². The Labute approximate surface area is 208 Å². The Kier molecular flexibility index (Phi) is 10.6. The smallest absolute Gasteiger partial charge is 0.251 e. The highest BCUT2D eigenvalue weighted by molar-refractivity contribution is 14.0. The number of aliphatic imine (C=N–C) groups is 1. The van der Waals surface area contributed by atoms with Crippen LogP contribution in [-0.4, -0.2) is 59.3 Å². The monoisotopic (exact) mass is 551 g/mol.